The van der Waals surface area contributed by atoms with Crippen molar-refractivity contribution < 1.29 is 13.6 Å². The fourth-order valence-electron chi connectivity index (χ4n) is 2.24. The van der Waals surface area contributed by atoms with Crippen molar-refractivity contribution in [3.05, 3.63) is 74.9 Å². The molecule has 3 aromatic rings. The molecular formula is C17H11Cl3F2N4O. The predicted molar refractivity (Wildman–Crippen MR) is 102 cm³/mol. The van der Waals surface area contributed by atoms with E-state index in [-0.39, 0.29) is 16.5 Å². The normalized spacial score (nSPS) is 10.7. The molecule has 0 spiro atoms. The highest BCUT2D eigenvalue weighted by Gasteiger charge is 2.13. The molecule has 1 heterocycles. The second-order valence-electron chi connectivity index (χ2n) is 5.46. The number of anilines is 2. The lowest BCUT2D eigenvalue weighted by Crippen LogP contribution is -2.20. The second-order valence-corrected chi connectivity index (χ2v) is 6.71. The van der Waals surface area contributed by atoms with Crippen LogP contribution in [0.2, 0.25) is 15.1 Å². The van der Waals surface area contributed by atoms with E-state index in [4.69, 9.17) is 34.8 Å². The van der Waals surface area contributed by atoms with E-state index >= 15 is 0 Å². The summed E-state index contributed by atoms with van der Waals surface area (Å²) >= 11 is 18.1. The first-order valence-electron chi connectivity index (χ1n) is 7.52. The summed E-state index contributed by atoms with van der Waals surface area (Å²) in [5.74, 6) is -1.58. The molecule has 0 saturated carbocycles. The zero-order valence-electron chi connectivity index (χ0n) is 13.4. The Hall–Kier alpha value is -2.35. The molecule has 0 fully saturated rings. The molecule has 10 heteroatoms. The number of hydrogen-bond acceptors (Lipinski definition) is 2. The Bertz CT molecular complexity index is 1010. The summed E-state index contributed by atoms with van der Waals surface area (Å²) in [5, 5.41) is 9.96. The van der Waals surface area contributed by atoms with Crippen molar-refractivity contribution in [3.8, 4) is 0 Å². The molecule has 2 amide bonds. The van der Waals surface area contributed by atoms with Crippen LogP contribution in [0.5, 0.6) is 0 Å². The third-order valence-electron chi connectivity index (χ3n) is 3.48. The number of benzene rings is 2. The summed E-state index contributed by atoms with van der Waals surface area (Å²) < 4.78 is 28.0. The Kier molecular flexibility index (Phi) is 5.84. The highest BCUT2D eigenvalue weighted by atomic mass is 35.5. The number of urea groups is 1. The van der Waals surface area contributed by atoms with Gasteiger partial charge in [0.05, 0.1) is 12.2 Å². The van der Waals surface area contributed by atoms with Gasteiger partial charge in [0, 0.05) is 22.3 Å². The van der Waals surface area contributed by atoms with Crippen molar-refractivity contribution in [3.63, 3.8) is 0 Å². The largest absolute Gasteiger partial charge is 0.325 e. The van der Waals surface area contributed by atoms with Crippen LogP contribution in [0.15, 0.2) is 42.6 Å². The van der Waals surface area contributed by atoms with Crippen LogP contribution < -0.4 is 10.6 Å². The third kappa shape index (κ3) is 4.88. The number of nitrogens with zero attached hydrogens (tertiary/aromatic N) is 2. The number of aromatic nitrogens is 2. The third-order valence-corrected chi connectivity index (χ3v) is 4.34. The molecule has 1 aromatic heterocycles. The molecule has 5 nitrogen and oxygen atoms in total. The maximum Gasteiger partial charge on any atom is 0.325 e. The number of hydrogen-bond donors (Lipinski definition) is 2. The topological polar surface area (TPSA) is 59.0 Å². The lowest BCUT2D eigenvalue weighted by Gasteiger charge is -2.07. The summed E-state index contributed by atoms with van der Waals surface area (Å²) in [7, 11) is 0. The highest BCUT2D eigenvalue weighted by Crippen LogP contribution is 2.24. The van der Waals surface area contributed by atoms with Crippen LogP contribution in [0.3, 0.4) is 0 Å². The fraction of sp³-hybridized carbons (Fsp3) is 0.0588. The average Bonchev–Trinajstić information content (AvgIpc) is 2.92. The fourth-order valence-corrected chi connectivity index (χ4v) is 2.91. The summed E-state index contributed by atoms with van der Waals surface area (Å²) in [6, 6.07) is 7.05. The molecule has 0 radical (unpaired) electrons. The minimum atomic E-state index is -0.904. The van der Waals surface area contributed by atoms with Gasteiger partial charge in [-0.2, -0.15) is 5.10 Å². The van der Waals surface area contributed by atoms with Gasteiger partial charge in [-0.25, -0.2) is 13.6 Å². The number of carbonyl (C=O) groups is 1. The molecule has 0 saturated heterocycles. The van der Waals surface area contributed by atoms with E-state index in [9.17, 15) is 13.6 Å². The van der Waals surface area contributed by atoms with E-state index in [1.807, 2.05) is 0 Å². The zero-order chi connectivity index (χ0) is 19.6. The predicted octanol–water partition coefficient (Wildman–Crippen LogP) is 5.81. The van der Waals surface area contributed by atoms with E-state index in [0.717, 1.165) is 17.7 Å². The van der Waals surface area contributed by atoms with Crippen LogP contribution in [0.25, 0.3) is 0 Å². The molecule has 0 unspecified atom stereocenters. The summed E-state index contributed by atoms with van der Waals surface area (Å²) in [6.07, 6.45) is 1.50. The number of halogens is 5. The van der Waals surface area contributed by atoms with E-state index < -0.39 is 17.7 Å². The number of rotatable bonds is 4. The van der Waals surface area contributed by atoms with Crippen molar-refractivity contribution in [1.29, 1.82) is 0 Å². The van der Waals surface area contributed by atoms with Crippen LogP contribution in [0.4, 0.5) is 25.1 Å². The molecule has 3 rings (SSSR count). The number of amides is 2. The first-order valence-corrected chi connectivity index (χ1v) is 8.65. The van der Waals surface area contributed by atoms with Gasteiger partial charge < -0.3 is 5.32 Å². The Morgan fingerprint density at radius 3 is 2.52 bits per heavy atom. The SMILES string of the molecule is O=C(Nc1ccc(F)cc1F)Nc1nn(Cc2ccc(Cl)cc2Cl)cc1Cl. The van der Waals surface area contributed by atoms with E-state index in [2.05, 4.69) is 15.7 Å². The molecule has 0 atom stereocenters. The monoisotopic (exact) mass is 430 g/mol. The van der Waals surface area contributed by atoms with Gasteiger partial charge in [-0.3, -0.25) is 10.00 Å². The smallest absolute Gasteiger partial charge is 0.305 e. The molecule has 27 heavy (non-hydrogen) atoms. The maximum atomic E-state index is 13.6. The van der Waals surface area contributed by atoms with Gasteiger partial charge in [0.25, 0.3) is 0 Å². The van der Waals surface area contributed by atoms with Crippen molar-refractivity contribution in [2.45, 2.75) is 6.54 Å². The van der Waals surface area contributed by atoms with Gasteiger partial charge in [0.15, 0.2) is 5.82 Å². The van der Waals surface area contributed by atoms with Crippen molar-refractivity contribution in [2.24, 2.45) is 0 Å². The van der Waals surface area contributed by atoms with Gasteiger partial charge in [-0.1, -0.05) is 40.9 Å². The molecule has 0 aliphatic rings. The lowest BCUT2D eigenvalue weighted by molar-refractivity contribution is 0.262. The number of carbonyl (C=O) groups excluding carboxylic acids is 1. The van der Waals surface area contributed by atoms with Gasteiger partial charge in [-0.05, 0) is 29.8 Å². The highest BCUT2D eigenvalue weighted by molar-refractivity contribution is 6.35. The van der Waals surface area contributed by atoms with Crippen LogP contribution in [0, 0.1) is 11.6 Å². The van der Waals surface area contributed by atoms with Gasteiger partial charge in [0.2, 0.25) is 0 Å². The summed E-state index contributed by atoms with van der Waals surface area (Å²) in [6.45, 7) is 0.297. The van der Waals surface area contributed by atoms with E-state index in [1.54, 1.807) is 18.2 Å². The van der Waals surface area contributed by atoms with Crippen LogP contribution in [-0.4, -0.2) is 15.8 Å². The van der Waals surface area contributed by atoms with Crippen LogP contribution >= 0.6 is 34.8 Å². The maximum absolute atomic E-state index is 13.6. The minimum Gasteiger partial charge on any atom is -0.305 e. The first kappa shape index (κ1) is 19.4. The minimum absolute atomic E-state index is 0.0711. The van der Waals surface area contributed by atoms with Gasteiger partial charge in [0.1, 0.15) is 16.7 Å². The Labute approximate surface area is 167 Å². The average molecular weight is 432 g/mol. The van der Waals surface area contributed by atoms with E-state index in [0.29, 0.717) is 22.7 Å². The Morgan fingerprint density at radius 1 is 1.04 bits per heavy atom. The molecule has 2 N–H and O–H groups in total. The molecule has 140 valence electrons. The first-order chi connectivity index (χ1) is 12.8. The number of nitrogens with one attached hydrogen (secondary N) is 2. The molecule has 0 bridgehead atoms. The standard InChI is InChI=1S/C17H11Cl3F2N4O/c18-10-2-1-9(12(19)5-10)7-26-8-13(20)16(25-26)24-17(27)23-15-4-3-11(21)6-14(15)22/h1-6,8H,7H2,(H2,23,24,25,27). The van der Waals surface area contributed by atoms with Crippen molar-refractivity contribution in [2.75, 3.05) is 10.6 Å². The second kappa shape index (κ2) is 8.12. The summed E-state index contributed by atoms with van der Waals surface area (Å²) in [5.41, 5.74) is 0.571. The van der Waals surface area contributed by atoms with Crippen LogP contribution in [-0.2, 0) is 6.54 Å². The lowest BCUT2D eigenvalue weighted by atomic mass is 10.2. The quantitative estimate of drug-likeness (QED) is 0.547. The zero-order valence-corrected chi connectivity index (χ0v) is 15.7. The molecule has 0 aliphatic heterocycles. The van der Waals surface area contributed by atoms with Gasteiger partial charge >= 0.3 is 6.03 Å². The van der Waals surface area contributed by atoms with Crippen molar-refractivity contribution >= 4 is 52.3 Å². The molecule has 2 aromatic carbocycles. The molecule has 0 aliphatic carbocycles. The van der Waals surface area contributed by atoms with E-state index in [1.165, 1.54) is 10.9 Å². The van der Waals surface area contributed by atoms with Gasteiger partial charge in [-0.15, -0.1) is 0 Å². The molecular weight excluding hydrogens is 421 g/mol. The van der Waals surface area contributed by atoms with Crippen molar-refractivity contribution in [1.82, 2.24) is 9.78 Å². The summed E-state index contributed by atoms with van der Waals surface area (Å²) in [4.78, 5) is 12.0. The Balaban J connectivity index is 1.69. The van der Waals surface area contributed by atoms with Crippen LogP contribution in [0.1, 0.15) is 5.56 Å². The Morgan fingerprint density at radius 2 is 1.81 bits per heavy atom.